The smallest absolute Gasteiger partial charge is 0.348 e. The quantitative estimate of drug-likeness (QED) is 0.422. The van der Waals surface area contributed by atoms with Gasteiger partial charge in [0.2, 0.25) is 0 Å². The number of benzene rings is 1. The third-order valence-corrected chi connectivity index (χ3v) is 7.65. The molecule has 3 heterocycles. The topological polar surface area (TPSA) is 117 Å². The fourth-order valence-electron chi connectivity index (χ4n) is 4.48. The summed E-state index contributed by atoms with van der Waals surface area (Å²) in [5.74, 6) is -0.560. The number of nitrogens with zero attached hydrogens (tertiary/aromatic N) is 2. The minimum absolute atomic E-state index is 0.0851. The van der Waals surface area contributed by atoms with Crippen LogP contribution < -0.4 is 15.6 Å². The Morgan fingerprint density at radius 2 is 2.00 bits per heavy atom. The van der Waals surface area contributed by atoms with Crippen LogP contribution in [0.15, 0.2) is 29.3 Å². The van der Waals surface area contributed by atoms with Crippen molar-refractivity contribution in [3.63, 3.8) is 0 Å². The van der Waals surface area contributed by atoms with Crippen LogP contribution in [-0.4, -0.2) is 39.4 Å². The van der Waals surface area contributed by atoms with Crippen molar-refractivity contribution in [3.8, 4) is 5.75 Å². The van der Waals surface area contributed by atoms with Crippen molar-refractivity contribution in [2.24, 2.45) is 0 Å². The Balaban J connectivity index is 1.38. The van der Waals surface area contributed by atoms with Crippen molar-refractivity contribution in [1.29, 1.82) is 0 Å². The molecule has 0 saturated heterocycles. The van der Waals surface area contributed by atoms with E-state index in [1.54, 1.807) is 26.0 Å². The van der Waals surface area contributed by atoms with E-state index < -0.39 is 17.6 Å². The van der Waals surface area contributed by atoms with Crippen molar-refractivity contribution in [2.45, 2.75) is 64.7 Å². The van der Waals surface area contributed by atoms with E-state index in [4.69, 9.17) is 9.47 Å². The number of hydrogen-bond donors (Lipinski definition) is 1. The van der Waals surface area contributed by atoms with Gasteiger partial charge in [0.25, 0.3) is 11.5 Å². The molecule has 0 bridgehead atoms. The van der Waals surface area contributed by atoms with E-state index in [1.807, 2.05) is 0 Å². The molecular formula is C25H25N3O6S. The van der Waals surface area contributed by atoms with Crippen molar-refractivity contribution in [2.75, 3.05) is 5.32 Å². The van der Waals surface area contributed by atoms with Crippen LogP contribution in [-0.2, 0) is 16.1 Å². The summed E-state index contributed by atoms with van der Waals surface area (Å²) in [6.07, 6.45) is 5.60. The second-order valence-corrected chi connectivity index (χ2v) is 9.96. The van der Waals surface area contributed by atoms with E-state index in [9.17, 15) is 19.2 Å². The van der Waals surface area contributed by atoms with Gasteiger partial charge in [0.1, 0.15) is 21.6 Å². The number of amides is 1. The summed E-state index contributed by atoms with van der Waals surface area (Å²) < 4.78 is 12.4. The highest BCUT2D eigenvalue weighted by molar-refractivity contribution is 7.20. The fourth-order valence-corrected chi connectivity index (χ4v) is 5.50. The average molecular weight is 496 g/mol. The van der Waals surface area contributed by atoms with Gasteiger partial charge in [-0.05, 0) is 63.3 Å². The number of esters is 1. The number of nitrogens with one attached hydrogen (secondary N) is 1. The summed E-state index contributed by atoms with van der Waals surface area (Å²) in [7, 11) is 0. The second-order valence-electron chi connectivity index (χ2n) is 8.96. The van der Waals surface area contributed by atoms with Crippen molar-refractivity contribution in [3.05, 3.63) is 50.9 Å². The summed E-state index contributed by atoms with van der Waals surface area (Å²) >= 11 is 1.14. The highest BCUT2D eigenvalue weighted by atomic mass is 32.1. The van der Waals surface area contributed by atoms with Gasteiger partial charge in [0.15, 0.2) is 11.9 Å². The van der Waals surface area contributed by atoms with Crippen LogP contribution in [0.2, 0.25) is 0 Å². The molecule has 1 N–H and O–H groups in total. The molecule has 1 unspecified atom stereocenters. The van der Waals surface area contributed by atoms with E-state index in [-0.39, 0.29) is 24.3 Å². The third kappa shape index (κ3) is 4.45. The second kappa shape index (κ2) is 9.26. The van der Waals surface area contributed by atoms with Crippen LogP contribution in [0.4, 0.5) is 5.69 Å². The highest BCUT2D eigenvalue weighted by Crippen LogP contribution is 2.31. The SMILES string of the molecule is Cc1c(C(=O)OC2CCCCC2)sc2ncn(CC(=O)c3ccc4c(c3)NC(=O)C(C)O4)c(=O)c12. The number of ether oxygens (including phenoxy) is 2. The van der Waals surface area contributed by atoms with Gasteiger partial charge in [-0.25, -0.2) is 9.78 Å². The number of fused-ring (bicyclic) bond motifs is 2. The molecule has 35 heavy (non-hydrogen) atoms. The number of aromatic nitrogens is 2. The number of hydrogen-bond acceptors (Lipinski definition) is 8. The Morgan fingerprint density at radius 3 is 2.77 bits per heavy atom. The maximum absolute atomic E-state index is 13.2. The fraction of sp³-hybridized carbons (Fsp3) is 0.400. The van der Waals surface area contributed by atoms with Crippen LogP contribution in [0.5, 0.6) is 5.75 Å². The van der Waals surface area contributed by atoms with Crippen LogP contribution in [0, 0.1) is 6.92 Å². The Kier molecular flexibility index (Phi) is 6.14. The molecule has 0 spiro atoms. The first-order valence-electron chi connectivity index (χ1n) is 11.7. The molecule has 2 aliphatic rings. The zero-order chi connectivity index (χ0) is 24.7. The molecule has 3 aromatic rings. The van der Waals surface area contributed by atoms with Crippen molar-refractivity contribution in [1.82, 2.24) is 9.55 Å². The number of ketones is 1. The van der Waals surface area contributed by atoms with E-state index in [1.165, 1.54) is 17.0 Å². The largest absolute Gasteiger partial charge is 0.479 e. The summed E-state index contributed by atoms with van der Waals surface area (Å²) in [6, 6.07) is 4.75. The summed E-state index contributed by atoms with van der Waals surface area (Å²) in [5, 5.41) is 3.04. The Bertz CT molecular complexity index is 1400. The summed E-state index contributed by atoms with van der Waals surface area (Å²) in [4.78, 5) is 56.0. The molecule has 1 aliphatic heterocycles. The van der Waals surface area contributed by atoms with Crippen LogP contribution >= 0.6 is 11.3 Å². The Morgan fingerprint density at radius 1 is 1.23 bits per heavy atom. The molecule has 1 amide bonds. The number of aryl methyl sites for hydroxylation is 1. The molecule has 5 rings (SSSR count). The molecule has 1 saturated carbocycles. The maximum atomic E-state index is 13.2. The lowest BCUT2D eigenvalue weighted by molar-refractivity contribution is -0.122. The summed E-state index contributed by atoms with van der Waals surface area (Å²) in [6.45, 7) is 3.11. The summed E-state index contributed by atoms with van der Waals surface area (Å²) in [5.41, 5.74) is 0.868. The molecule has 1 aromatic carbocycles. The molecule has 1 aliphatic carbocycles. The van der Waals surface area contributed by atoms with Gasteiger partial charge in [-0.1, -0.05) is 6.42 Å². The standard InChI is InChI=1S/C25H25N3O6S/c1-13-20-23(35-21(13)25(32)34-16-6-4-3-5-7-16)26-12-28(24(20)31)11-18(29)15-8-9-19-17(10-15)27-22(30)14(2)33-19/h8-10,12,14,16H,3-7,11H2,1-2H3,(H,27,30). The minimum atomic E-state index is -0.612. The number of carbonyl (C=O) groups excluding carboxylic acids is 3. The van der Waals surface area contributed by atoms with Gasteiger partial charge in [0, 0.05) is 5.56 Å². The Labute approximate surface area is 205 Å². The normalized spacial score (nSPS) is 18.0. The molecule has 0 radical (unpaired) electrons. The molecule has 2 aromatic heterocycles. The zero-order valence-corrected chi connectivity index (χ0v) is 20.3. The molecule has 1 atom stereocenters. The molecule has 9 nitrogen and oxygen atoms in total. The van der Waals surface area contributed by atoms with Gasteiger partial charge in [0.05, 0.1) is 23.9 Å². The number of thiophene rings is 1. The van der Waals surface area contributed by atoms with Crippen LogP contribution in [0.3, 0.4) is 0 Å². The number of anilines is 1. The first-order valence-corrected chi connectivity index (χ1v) is 12.5. The monoisotopic (exact) mass is 495 g/mol. The van der Waals surface area contributed by atoms with Crippen molar-refractivity contribution >= 4 is 44.9 Å². The van der Waals surface area contributed by atoms with E-state index in [0.29, 0.717) is 37.7 Å². The number of carbonyl (C=O) groups is 3. The third-order valence-electron chi connectivity index (χ3n) is 6.47. The van der Waals surface area contributed by atoms with Gasteiger partial charge in [-0.2, -0.15) is 0 Å². The Hall–Kier alpha value is -3.53. The lowest BCUT2D eigenvalue weighted by Gasteiger charge is -2.23. The van der Waals surface area contributed by atoms with Gasteiger partial charge in [-0.15, -0.1) is 11.3 Å². The molecule has 10 heteroatoms. The van der Waals surface area contributed by atoms with Crippen LogP contribution in [0.1, 0.15) is 64.6 Å². The molecule has 1 fully saturated rings. The highest BCUT2D eigenvalue weighted by Gasteiger charge is 2.26. The molecule has 182 valence electrons. The lowest BCUT2D eigenvalue weighted by atomic mass is 9.98. The molecular weight excluding hydrogens is 470 g/mol. The first-order chi connectivity index (χ1) is 16.8. The van der Waals surface area contributed by atoms with E-state index in [2.05, 4.69) is 10.3 Å². The predicted octanol–water partition coefficient (Wildman–Crippen LogP) is 3.86. The number of Topliss-reactive ketones (excluding diaryl/α,β-unsaturated/α-hetero) is 1. The lowest BCUT2D eigenvalue weighted by Crippen LogP contribution is -2.34. The maximum Gasteiger partial charge on any atom is 0.348 e. The first kappa shape index (κ1) is 23.2. The van der Waals surface area contributed by atoms with Crippen LogP contribution in [0.25, 0.3) is 10.2 Å². The van der Waals surface area contributed by atoms with Crippen molar-refractivity contribution < 1.29 is 23.9 Å². The van der Waals surface area contributed by atoms with E-state index >= 15 is 0 Å². The average Bonchev–Trinajstić information content (AvgIpc) is 3.19. The number of rotatable bonds is 5. The predicted molar refractivity (Wildman–Crippen MR) is 130 cm³/mol. The zero-order valence-electron chi connectivity index (χ0n) is 19.5. The van der Waals surface area contributed by atoms with Gasteiger partial charge >= 0.3 is 5.97 Å². The van der Waals surface area contributed by atoms with E-state index in [0.717, 1.165) is 43.4 Å². The minimum Gasteiger partial charge on any atom is -0.479 e. The van der Waals surface area contributed by atoms with Gasteiger partial charge < -0.3 is 14.8 Å². The van der Waals surface area contributed by atoms with Gasteiger partial charge in [-0.3, -0.25) is 19.0 Å².